The van der Waals surface area contributed by atoms with E-state index in [9.17, 15) is 18.3 Å². The summed E-state index contributed by atoms with van der Waals surface area (Å²) in [5.74, 6) is -1.10. The maximum atomic E-state index is 12.8. The summed E-state index contributed by atoms with van der Waals surface area (Å²) in [6.07, 6.45) is 4.02. The molecule has 1 aliphatic rings. The molecular weight excluding hydrogens is 450 g/mol. The van der Waals surface area contributed by atoms with Crippen LogP contribution in [0.15, 0.2) is 96.2 Å². The Hall–Kier alpha value is -3.75. The van der Waals surface area contributed by atoms with Crippen LogP contribution in [0.2, 0.25) is 0 Å². The quantitative estimate of drug-likeness (QED) is 0.423. The second kappa shape index (κ2) is 10.0. The number of carbonyl (C=O) groups is 1. The van der Waals surface area contributed by atoms with E-state index in [-0.39, 0.29) is 11.4 Å². The van der Waals surface area contributed by atoms with E-state index in [1.54, 1.807) is 24.4 Å². The van der Waals surface area contributed by atoms with Gasteiger partial charge in [0.05, 0.1) is 4.90 Å². The van der Waals surface area contributed by atoms with Crippen molar-refractivity contribution in [1.29, 1.82) is 0 Å². The topological polar surface area (TPSA) is 114 Å². The lowest BCUT2D eigenvalue weighted by atomic mass is 10.0. The van der Waals surface area contributed by atoms with Crippen LogP contribution < -0.4 is 5.73 Å². The summed E-state index contributed by atoms with van der Waals surface area (Å²) < 4.78 is 26.7. The van der Waals surface area contributed by atoms with E-state index in [2.05, 4.69) is 17.1 Å². The molecule has 0 saturated carbocycles. The molecule has 7 nitrogen and oxygen atoms in total. The van der Waals surface area contributed by atoms with Crippen molar-refractivity contribution < 1.29 is 18.3 Å². The predicted molar refractivity (Wildman–Crippen MR) is 133 cm³/mol. The van der Waals surface area contributed by atoms with E-state index in [1.165, 1.54) is 17.8 Å². The van der Waals surface area contributed by atoms with Gasteiger partial charge in [-0.15, -0.1) is 0 Å². The first-order valence-corrected chi connectivity index (χ1v) is 12.3. The van der Waals surface area contributed by atoms with Crippen LogP contribution in [0.5, 0.6) is 0 Å². The summed E-state index contributed by atoms with van der Waals surface area (Å²) in [6.45, 7) is 0.237. The smallest absolute Gasteiger partial charge is 0.322 e. The zero-order valence-corrected chi connectivity index (χ0v) is 19.2. The molecule has 8 heteroatoms. The lowest BCUT2D eigenvalue weighted by Gasteiger charge is -2.21. The van der Waals surface area contributed by atoms with Crippen molar-refractivity contribution in [1.82, 2.24) is 9.29 Å². The van der Waals surface area contributed by atoms with E-state index in [1.807, 2.05) is 42.5 Å². The van der Waals surface area contributed by atoms with Crippen molar-refractivity contribution in [3.8, 4) is 11.1 Å². The van der Waals surface area contributed by atoms with E-state index in [0.29, 0.717) is 23.6 Å². The minimum atomic E-state index is -3.83. The lowest BCUT2D eigenvalue weighted by Crippen LogP contribution is -2.40. The SMILES string of the molecule is Nc1ccccc1-c1ccccc1.O=C(O)[C@H]1CCCN1S(=O)(=O)c1cccc2cnccc12. The monoisotopic (exact) mass is 475 g/mol. The fourth-order valence-electron chi connectivity index (χ4n) is 4.10. The highest BCUT2D eigenvalue weighted by Crippen LogP contribution is 2.30. The van der Waals surface area contributed by atoms with E-state index in [0.717, 1.165) is 15.6 Å². The van der Waals surface area contributed by atoms with Crippen molar-refractivity contribution in [2.24, 2.45) is 0 Å². The number of pyridine rings is 1. The molecule has 1 aromatic heterocycles. The van der Waals surface area contributed by atoms with Crippen LogP contribution in [-0.4, -0.2) is 41.4 Å². The van der Waals surface area contributed by atoms with Crippen LogP contribution in [0, 0.1) is 0 Å². The Labute approximate surface area is 198 Å². The molecule has 1 fully saturated rings. The van der Waals surface area contributed by atoms with E-state index >= 15 is 0 Å². The zero-order chi connectivity index (χ0) is 24.1. The highest BCUT2D eigenvalue weighted by Gasteiger charge is 2.39. The van der Waals surface area contributed by atoms with Crippen molar-refractivity contribution in [2.45, 2.75) is 23.8 Å². The molecule has 174 valence electrons. The number of fused-ring (bicyclic) bond motifs is 1. The van der Waals surface area contributed by atoms with Gasteiger partial charge in [0, 0.05) is 41.0 Å². The molecule has 0 radical (unpaired) electrons. The summed E-state index contributed by atoms with van der Waals surface area (Å²) in [5.41, 5.74) is 8.95. The Morgan fingerprint density at radius 3 is 2.44 bits per heavy atom. The number of nitrogens with two attached hydrogens (primary N) is 1. The Morgan fingerprint density at radius 1 is 0.971 bits per heavy atom. The van der Waals surface area contributed by atoms with Crippen LogP contribution in [-0.2, 0) is 14.8 Å². The second-order valence-electron chi connectivity index (χ2n) is 7.92. The molecule has 0 aliphatic carbocycles. The van der Waals surface area contributed by atoms with Gasteiger partial charge in [0.1, 0.15) is 6.04 Å². The number of anilines is 1. The van der Waals surface area contributed by atoms with Crippen molar-refractivity contribution >= 4 is 32.5 Å². The summed E-state index contributed by atoms with van der Waals surface area (Å²) in [6, 6.07) is 23.6. The van der Waals surface area contributed by atoms with Gasteiger partial charge in [-0.3, -0.25) is 9.78 Å². The Bertz CT molecular complexity index is 1400. The average Bonchev–Trinajstić information content (AvgIpc) is 3.37. The van der Waals surface area contributed by atoms with Gasteiger partial charge in [-0.1, -0.05) is 60.7 Å². The lowest BCUT2D eigenvalue weighted by molar-refractivity contribution is -0.140. The third kappa shape index (κ3) is 4.78. The summed E-state index contributed by atoms with van der Waals surface area (Å²) in [5, 5.41) is 10.5. The molecule has 2 heterocycles. The van der Waals surface area contributed by atoms with Gasteiger partial charge in [-0.05, 0) is 36.6 Å². The number of rotatable bonds is 4. The highest BCUT2D eigenvalue weighted by molar-refractivity contribution is 7.89. The van der Waals surface area contributed by atoms with Crippen LogP contribution >= 0.6 is 0 Å². The van der Waals surface area contributed by atoms with Gasteiger partial charge in [-0.2, -0.15) is 4.31 Å². The first-order valence-electron chi connectivity index (χ1n) is 10.9. The van der Waals surface area contributed by atoms with Gasteiger partial charge in [-0.25, -0.2) is 8.42 Å². The Balaban J connectivity index is 0.000000180. The zero-order valence-electron chi connectivity index (χ0n) is 18.4. The molecule has 1 atom stereocenters. The number of sulfonamides is 1. The van der Waals surface area contributed by atoms with Crippen molar-refractivity contribution in [3.63, 3.8) is 0 Å². The Morgan fingerprint density at radius 2 is 1.71 bits per heavy atom. The number of hydrogen-bond donors (Lipinski definition) is 2. The largest absolute Gasteiger partial charge is 0.480 e. The molecule has 0 bridgehead atoms. The van der Waals surface area contributed by atoms with E-state index < -0.39 is 22.0 Å². The van der Waals surface area contributed by atoms with Crippen LogP contribution in [0.1, 0.15) is 12.8 Å². The number of carboxylic acid groups (broad SMARTS) is 1. The number of aromatic nitrogens is 1. The number of carboxylic acids is 1. The molecule has 5 rings (SSSR count). The second-order valence-corrected chi connectivity index (χ2v) is 9.78. The number of nitrogen functional groups attached to an aromatic ring is 1. The number of nitrogens with zero attached hydrogens (tertiary/aromatic N) is 2. The normalized spacial score (nSPS) is 16.1. The predicted octanol–water partition coefficient (Wildman–Crippen LogP) is 4.41. The van der Waals surface area contributed by atoms with Crippen LogP contribution in [0.25, 0.3) is 21.9 Å². The maximum absolute atomic E-state index is 12.8. The molecule has 0 amide bonds. The average molecular weight is 476 g/mol. The highest BCUT2D eigenvalue weighted by atomic mass is 32.2. The van der Waals surface area contributed by atoms with Gasteiger partial charge in [0.2, 0.25) is 10.0 Å². The van der Waals surface area contributed by atoms with E-state index in [4.69, 9.17) is 5.73 Å². The van der Waals surface area contributed by atoms with Crippen LogP contribution in [0.3, 0.4) is 0 Å². The fourth-order valence-corrected chi connectivity index (χ4v) is 5.96. The molecule has 34 heavy (non-hydrogen) atoms. The summed E-state index contributed by atoms with van der Waals surface area (Å²) in [4.78, 5) is 15.3. The molecule has 3 aromatic carbocycles. The standard InChI is InChI=1S/C14H14N2O4S.C12H11N/c17-14(18)12-4-2-8-16(12)21(19,20)13-5-1-3-10-9-15-7-6-11(10)13;13-12-9-5-4-8-11(12)10-6-2-1-3-7-10/h1,3,5-7,9,12H,2,4,8H2,(H,17,18);1-9H,13H2/t12-;/m1./s1. The first kappa shape index (κ1) is 23.4. The molecule has 3 N–H and O–H groups in total. The number of benzene rings is 3. The minimum Gasteiger partial charge on any atom is -0.480 e. The summed E-state index contributed by atoms with van der Waals surface area (Å²) >= 11 is 0. The van der Waals surface area contributed by atoms with Crippen molar-refractivity contribution in [2.75, 3.05) is 12.3 Å². The van der Waals surface area contributed by atoms with Crippen LogP contribution in [0.4, 0.5) is 5.69 Å². The van der Waals surface area contributed by atoms with Gasteiger partial charge in [0.25, 0.3) is 0 Å². The molecule has 0 spiro atoms. The maximum Gasteiger partial charge on any atom is 0.322 e. The number of para-hydroxylation sites is 1. The third-order valence-corrected chi connectivity index (χ3v) is 7.73. The summed E-state index contributed by atoms with van der Waals surface area (Å²) in [7, 11) is -3.83. The molecule has 0 unspecified atom stereocenters. The molecule has 4 aromatic rings. The van der Waals surface area contributed by atoms with Crippen molar-refractivity contribution in [3.05, 3.63) is 91.3 Å². The van der Waals surface area contributed by atoms with Gasteiger partial charge in [0.15, 0.2) is 0 Å². The first-order chi connectivity index (χ1) is 16.4. The third-order valence-electron chi connectivity index (χ3n) is 5.76. The van der Waals surface area contributed by atoms with Gasteiger partial charge >= 0.3 is 5.97 Å². The Kier molecular flexibility index (Phi) is 6.90. The van der Waals surface area contributed by atoms with Gasteiger partial charge < -0.3 is 10.8 Å². The fraction of sp³-hybridized carbons (Fsp3) is 0.154. The molecular formula is C26H25N3O4S. The molecule has 1 saturated heterocycles. The molecule has 1 aliphatic heterocycles. The minimum absolute atomic E-state index is 0.135. The number of hydrogen-bond acceptors (Lipinski definition) is 5. The number of aliphatic carboxylic acids is 1.